The van der Waals surface area contributed by atoms with Crippen molar-refractivity contribution in [2.75, 3.05) is 26.1 Å². The van der Waals surface area contributed by atoms with Crippen LogP contribution < -0.4 is 10.5 Å². The van der Waals surface area contributed by atoms with E-state index in [1.807, 2.05) is 24.5 Å². The van der Waals surface area contributed by atoms with Gasteiger partial charge in [-0.15, -0.1) is 11.8 Å². The van der Waals surface area contributed by atoms with Crippen LogP contribution in [0.4, 0.5) is 0 Å². The summed E-state index contributed by atoms with van der Waals surface area (Å²) >= 11 is 6.68. The molecule has 0 bridgehead atoms. The third kappa shape index (κ3) is 4.48. The van der Waals surface area contributed by atoms with Gasteiger partial charge < -0.3 is 15.2 Å². The number of thiocarbonyl (C=S) groups is 1. The van der Waals surface area contributed by atoms with Gasteiger partial charge >= 0.3 is 0 Å². The van der Waals surface area contributed by atoms with Crippen LogP contribution >= 0.6 is 24.0 Å². The fourth-order valence-electron chi connectivity index (χ4n) is 1.50. The van der Waals surface area contributed by atoms with Crippen LogP contribution in [0, 0.1) is 0 Å². The zero-order valence-electron chi connectivity index (χ0n) is 10.8. The van der Waals surface area contributed by atoms with Crippen LogP contribution in [0.25, 0.3) is 0 Å². The third-order valence-electron chi connectivity index (χ3n) is 2.29. The molecule has 0 aliphatic carbocycles. The smallest absolute Gasteiger partial charge is 0.130 e. The van der Waals surface area contributed by atoms with E-state index in [2.05, 4.69) is 6.92 Å². The number of rotatable bonds is 8. The van der Waals surface area contributed by atoms with Crippen molar-refractivity contribution in [3.63, 3.8) is 0 Å². The normalized spacial score (nSPS) is 10.3. The molecule has 0 atom stereocenters. The second kappa shape index (κ2) is 8.34. The molecule has 18 heavy (non-hydrogen) atoms. The van der Waals surface area contributed by atoms with Gasteiger partial charge in [-0.2, -0.15) is 0 Å². The van der Waals surface area contributed by atoms with Crippen LogP contribution in [0.1, 0.15) is 18.9 Å². The van der Waals surface area contributed by atoms with Gasteiger partial charge in [-0.05, 0) is 24.8 Å². The van der Waals surface area contributed by atoms with Crippen molar-refractivity contribution in [2.24, 2.45) is 5.73 Å². The number of hydrogen-bond donors (Lipinski definition) is 1. The maximum atomic E-state index is 5.75. The van der Waals surface area contributed by atoms with Gasteiger partial charge in [0.05, 0.1) is 12.2 Å². The summed E-state index contributed by atoms with van der Waals surface area (Å²) in [6, 6.07) is 5.81. The fraction of sp³-hybridized carbons (Fsp3) is 0.462. The fourth-order valence-corrected chi connectivity index (χ4v) is 2.41. The monoisotopic (exact) mass is 285 g/mol. The highest BCUT2D eigenvalue weighted by atomic mass is 32.2. The van der Waals surface area contributed by atoms with Gasteiger partial charge in [0.15, 0.2) is 0 Å². The minimum Gasteiger partial charge on any atom is -0.490 e. The molecule has 0 saturated carbocycles. The third-order valence-corrected chi connectivity index (χ3v) is 3.27. The van der Waals surface area contributed by atoms with Crippen molar-refractivity contribution in [1.82, 2.24) is 0 Å². The molecule has 1 aromatic carbocycles. The largest absolute Gasteiger partial charge is 0.490 e. The van der Waals surface area contributed by atoms with Crippen LogP contribution in [-0.4, -0.2) is 31.1 Å². The molecule has 0 unspecified atom stereocenters. The summed E-state index contributed by atoms with van der Waals surface area (Å²) in [5, 5.41) is 0. The Morgan fingerprint density at radius 1 is 1.33 bits per heavy atom. The minimum atomic E-state index is 0.365. The molecule has 1 aromatic rings. The van der Waals surface area contributed by atoms with Crippen LogP contribution in [-0.2, 0) is 4.74 Å². The molecule has 0 aliphatic rings. The van der Waals surface area contributed by atoms with E-state index in [0.717, 1.165) is 29.2 Å². The molecule has 0 fully saturated rings. The zero-order valence-corrected chi connectivity index (χ0v) is 12.4. The van der Waals surface area contributed by atoms with Gasteiger partial charge in [0.25, 0.3) is 0 Å². The Hall–Kier alpha value is -0.780. The van der Waals surface area contributed by atoms with Crippen molar-refractivity contribution in [3.05, 3.63) is 23.8 Å². The van der Waals surface area contributed by atoms with Gasteiger partial charge in [0.2, 0.25) is 0 Å². The van der Waals surface area contributed by atoms with Crippen LogP contribution in [0.5, 0.6) is 5.75 Å². The van der Waals surface area contributed by atoms with E-state index in [1.165, 1.54) is 0 Å². The Morgan fingerprint density at radius 2 is 2.11 bits per heavy atom. The first kappa shape index (κ1) is 15.3. The average Bonchev–Trinajstić information content (AvgIpc) is 2.37. The van der Waals surface area contributed by atoms with Gasteiger partial charge in [-0.3, -0.25) is 0 Å². The lowest BCUT2D eigenvalue weighted by Gasteiger charge is -2.13. The predicted molar refractivity (Wildman–Crippen MR) is 80.7 cm³/mol. The van der Waals surface area contributed by atoms with Gasteiger partial charge in [0.1, 0.15) is 17.3 Å². The molecule has 100 valence electrons. The number of nitrogens with two attached hydrogens (primary N) is 1. The molecule has 1 rings (SSSR count). The van der Waals surface area contributed by atoms with Crippen molar-refractivity contribution < 1.29 is 9.47 Å². The lowest BCUT2D eigenvalue weighted by molar-refractivity contribution is 0.100. The first-order chi connectivity index (χ1) is 8.70. The summed E-state index contributed by atoms with van der Waals surface area (Å²) < 4.78 is 11.0. The molecular formula is C13H19NO2S2. The van der Waals surface area contributed by atoms with Gasteiger partial charge in [-0.25, -0.2) is 0 Å². The summed E-state index contributed by atoms with van der Waals surface area (Å²) in [5.41, 5.74) is 6.57. The van der Waals surface area contributed by atoms with Gasteiger partial charge in [0, 0.05) is 11.5 Å². The summed E-state index contributed by atoms with van der Waals surface area (Å²) in [6.45, 7) is 3.92. The molecule has 0 spiro atoms. The first-order valence-electron chi connectivity index (χ1n) is 5.88. The molecule has 5 heteroatoms. The van der Waals surface area contributed by atoms with Crippen molar-refractivity contribution in [3.8, 4) is 5.75 Å². The summed E-state index contributed by atoms with van der Waals surface area (Å²) in [6.07, 6.45) is 3.01. The molecule has 0 amide bonds. The lowest BCUT2D eigenvalue weighted by atomic mass is 10.2. The molecule has 3 nitrogen and oxygen atoms in total. The van der Waals surface area contributed by atoms with E-state index in [1.54, 1.807) is 11.8 Å². The van der Waals surface area contributed by atoms with Crippen molar-refractivity contribution in [2.45, 2.75) is 18.2 Å². The average molecular weight is 285 g/mol. The Morgan fingerprint density at radius 3 is 2.72 bits per heavy atom. The number of benzene rings is 1. The molecule has 0 saturated heterocycles. The minimum absolute atomic E-state index is 0.365. The Balaban J connectivity index is 2.67. The molecule has 0 aliphatic heterocycles. The van der Waals surface area contributed by atoms with Crippen molar-refractivity contribution in [1.29, 1.82) is 0 Å². The predicted octanol–water partition coefficient (Wildman–Crippen LogP) is 2.85. The second-order valence-electron chi connectivity index (χ2n) is 3.66. The first-order valence-corrected chi connectivity index (χ1v) is 7.51. The topological polar surface area (TPSA) is 44.5 Å². The Labute approximate surface area is 118 Å². The standard InChI is InChI=1S/C13H19NO2S2/c1-3-7-15-8-9-16-10-5-4-6-11(18-2)12(10)13(14)17/h4-6H,3,7-9H2,1-2H3,(H2,14,17). The molecular weight excluding hydrogens is 266 g/mol. The SMILES string of the molecule is CCCOCCOc1cccc(SC)c1C(N)=S. The number of ether oxygens (including phenoxy) is 2. The van der Waals surface area contributed by atoms with E-state index in [0.29, 0.717) is 18.2 Å². The highest BCUT2D eigenvalue weighted by Gasteiger charge is 2.11. The quantitative estimate of drug-likeness (QED) is 0.452. The van der Waals surface area contributed by atoms with E-state index in [4.69, 9.17) is 27.4 Å². The maximum Gasteiger partial charge on any atom is 0.130 e. The molecule has 0 radical (unpaired) electrons. The highest BCUT2D eigenvalue weighted by molar-refractivity contribution is 7.98. The Kier molecular flexibility index (Phi) is 7.08. The van der Waals surface area contributed by atoms with Crippen LogP contribution in [0.3, 0.4) is 0 Å². The second-order valence-corrected chi connectivity index (χ2v) is 4.95. The Bertz CT molecular complexity index is 397. The number of hydrogen-bond acceptors (Lipinski definition) is 4. The van der Waals surface area contributed by atoms with E-state index < -0.39 is 0 Å². The summed E-state index contributed by atoms with van der Waals surface area (Å²) in [7, 11) is 0. The van der Waals surface area contributed by atoms with Crippen molar-refractivity contribution >= 4 is 29.0 Å². The van der Waals surface area contributed by atoms with E-state index >= 15 is 0 Å². The molecule has 2 N–H and O–H groups in total. The summed E-state index contributed by atoms with van der Waals surface area (Å²) in [4.78, 5) is 1.40. The van der Waals surface area contributed by atoms with Crippen LogP contribution in [0.2, 0.25) is 0 Å². The highest BCUT2D eigenvalue weighted by Crippen LogP contribution is 2.28. The lowest BCUT2D eigenvalue weighted by Crippen LogP contribution is -2.15. The maximum absolute atomic E-state index is 5.75. The molecule has 0 heterocycles. The number of thioether (sulfide) groups is 1. The van der Waals surface area contributed by atoms with E-state index in [9.17, 15) is 0 Å². The van der Waals surface area contributed by atoms with Crippen LogP contribution in [0.15, 0.2) is 23.1 Å². The van der Waals surface area contributed by atoms with E-state index in [-0.39, 0.29) is 0 Å². The summed E-state index contributed by atoms with van der Waals surface area (Å²) in [5.74, 6) is 0.731. The van der Waals surface area contributed by atoms with Gasteiger partial charge in [-0.1, -0.05) is 25.2 Å². The zero-order chi connectivity index (χ0) is 13.4. The molecule has 0 aromatic heterocycles.